The zero-order chi connectivity index (χ0) is 18.2. The quantitative estimate of drug-likeness (QED) is 0.373. The van der Waals surface area contributed by atoms with Crippen molar-refractivity contribution in [3.05, 3.63) is 57.3 Å². The number of aliphatic imine (C=N–C) groups is 1. The minimum Gasteiger partial charge on any atom is -0.357 e. The highest BCUT2D eigenvalue weighted by Crippen LogP contribution is 2.14. The Morgan fingerprint density at radius 1 is 1.15 bits per heavy atom. The summed E-state index contributed by atoms with van der Waals surface area (Å²) in [5.74, 6) is 0.806. The average Bonchev–Trinajstić information content (AvgIpc) is 3.02. The second kappa shape index (κ2) is 11.2. The van der Waals surface area contributed by atoms with Crippen LogP contribution in [0.15, 0.2) is 40.7 Å². The van der Waals surface area contributed by atoms with E-state index < -0.39 is 0 Å². The molecule has 2 N–H and O–H groups in total. The van der Waals surface area contributed by atoms with Crippen LogP contribution in [0, 0.1) is 6.92 Å². The molecule has 1 amide bonds. The van der Waals surface area contributed by atoms with E-state index in [9.17, 15) is 4.79 Å². The number of nitrogens with zero attached hydrogens (tertiary/aromatic N) is 2. The average molecular weight is 486 g/mol. The number of guanidine groups is 1. The van der Waals surface area contributed by atoms with Crippen LogP contribution in [0.5, 0.6) is 0 Å². The molecule has 1 aromatic heterocycles. The van der Waals surface area contributed by atoms with Crippen LogP contribution in [-0.4, -0.2) is 37.4 Å². The van der Waals surface area contributed by atoms with Crippen LogP contribution >= 0.6 is 35.3 Å². The lowest BCUT2D eigenvalue weighted by Gasteiger charge is -2.12. The monoisotopic (exact) mass is 486 g/mol. The Morgan fingerprint density at radius 2 is 1.85 bits per heavy atom. The van der Waals surface area contributed by atoms with Crippen LogP contribution in [0.3, 0.4) is 0 Å². The van der Waals surface area contributed by atoms with Gasteiger partial charge in [-0.1, -0.05) is 12.1 Å². The standard InChI is InChI=1S/C19H26N4OS.HI/c1-5-20-19(22-13-17-14(2)10-11-25-17)21-12-15-6-8-16(9-7-15)18(24)23(3)4;/h6-11H,5,12-13H2,1-4H3,(H2,20,21,22);1H. The number of hydrogen-bond acceptors (Lipinski definition) is 3. The predicted octanol–water partition coefficient (Wildman–Crippen LogP) is 3.63. The molecule has 0 saturated carbocycles. The summed E-state index contributed by atoms with van der Waals surface area (Å²) in [6, 6.07) is 9.73. The minimum atomic E-state index is 0. The van der Waals surface area contributed by atoms with Gasteiger partial charge in [0, 0.05) is 31.1 Å². The van der Waals surface area contributed by atoms with Gasteiger partial charge in [-0.15, -0.1) is 35.3 Å². The number of hydrogen-bond donors (Lipinski definition) is 2. The maximum absolute atomic E-state index is 11.9. The third-order valence-corrected chi connectivity index (χ3v) is 4.78. The molecule has 1 heterocycles. The number of halogens is 1. The van der Waals surface area contributed by atoms with Crippen molar-refractivity contribution in [2.45, 2.75) is 26.9 Å². The summed E-state index contributed by atoms with van der Waals surface area (Å²) in [6.07, 6.45) is 0. The number of carbonyl (C=O) groups excluding carboxylic acids is 1. The number of aryl methyl sites for hydroxylation is 1. The molecule has 0 saturated heterocycles. The fourth-order valence-electron chi connectivity index (χ4n) is 2.27. The molecule has 0 aliphatic carbocycles. The lowest BCUT2D eigenvalue weighted by atomic mass is 10.1. The van der Waals surface area contributed by atoms with E-state index >= 15 is 0 Å². The van der Waals surface area contributed by atoms with Crippen LogP contribution in [0.25, 0.3) is 0 Å². The molecule has 0 fully saturated rings. The van der Waals surface area contributed by atoms with E-state index in [2.05, 4.69) is 40.9 Å². The summed E-state index contributed by atoms with van der Waals surface area (Å²) in [4.78, 5) is 19.4. The Balaban J connectivity index is 0.00000338. The molecule has 0 atom stereocenters. The first-order valence-electron chi connectivity index (χ1n) is 8.37. The van der Waals surface area contributed by atoms with Crippen molar-refractivity contribution < 1.29 is 4.79 Å². The molecule has 2 aromatic rings. The zero-order valence-corrected chi connectivity index (χ0v) is 18.9. The molecule has 0 radical (unpaired) electrons. The van der Waals surface area contributed by atoms with E-state index in [1.807, 2.05) is 24.3 Å². The van der Waals surface area contributed by atoms with Gasteiger partial charge in [0.15, 0.2) is 5.96 Å². The highest BCUT2D eigenvalue weighted by atomic mass is 127. The van der Waals surface area contributed by atoms with Crippen molar-refractivity contribution in [2.24, 2.45) is 4.99 Å². The summed E-state index contributed by atoms with van der Waals surface area (Å²) in [7, 11) is 3.51. The van der Waals surface area contributed by atoms with Crippen LogP contribution in [0.4, 0.5) is 0 Å². The van der Waals surface area contributed by atoms with Crippen molar-refractivity contribution in [1.29, 1.82) is 0 Å². The number of thiophene rings is 1. The summed E-state index contributed by atoms with van der Waals surface area (Å²) in [5, 5.41) is 8.73. The second-order valence-corrected chi connectivity index (χ2v) is 6.97. The van der Waals surface area contributed by atoms with E-state index in [1.165, 1.54) is 10.4 Å². The smallest absolute Gasteiger partial charge is 0.253 e. The van der Waals surface area contributed by atoms with Crippen molar-refractivity contribution in [3.8, 4) is 0 Å². The Labute approximate surface area is 176 Å². The number of benzene rings is 1. The highest BCUT2D eigenvalue weighted by Gasteiger charge is 2.07. The first kappa shape index (κ1) is 22.4. The number of nitrogens with one attached hydrogen (secondary N) is 2. The Hall–Kier alpha value is -1.61. The van der Waals surface area contributed by atoms with E-state index in [-0.39, 0.29) is 29.9 Å². The summed E-state index contributed by atoms with van der Waals surface area (Å²) in [5.41, 5.74) is 3.06. The van der Waals surface area contributed by atoms with Crippen molar-refractivity contribution in [2.75, 3.05) is 20.6 Å². The van der Waals surface area contributed by atoms with Crippen molar-refractivity contribution >= 4 is 47.2 Å². The van der Waals surface area contributed by atoms with Crippen LogP contribution in [0.1, 0.15) is 33.3 Å². The Bertz CT molecular complexity index is 725. The van der Waals surface area contributed by atoms with Gasteiger partial charge in [0.25, 0.3) is 5.91 Å². The van der Waals surface area contributed by atoms with Gasteiger partial charge in [-0.3, -0.25) is 4.79 Å². The normalized spacial score (nSPS) is 10.8. The second-order valence-electron chi connectivity index (χ2n) is 5.97. The van der Waals surface area contributed by atoms with E-state index in [0.29, 0.717) is 12.1 Å². The summed E-state index contributed by atoms with van der Waals surface area (Å²) in [6.45, 7) is 6.32. The molecular formula is C19H27IN4OS. The van der Waals surface area contributed by atoms with Gasteiger partial charge in [0.05, 0.1) is 13.1 Å². The first-order chi connectivity index (χ1) is 12.0. The van der Waals surface area contributed by atoms with E-state index in [0.717, 1.165) is 24.6 Å². The Kier molecular flexibility index (Phi) is 9.64. The van der Waals surface area contributed by atoms with E-state index in [1.54, 1.807) is 30.3 Å². The lowest BCUT2D eigenvalue weighted by molar-refractivity contribution is 0.0827. The highest BCUT2D eigenvalue weighted by molar-refractivity contribution is 14.0. The SMILES string of the molecule is CCNC(=NCc1ccc(C(=O)N(C)C)cc1)NCc1sccc1C.I. The molecule has 1 aromatic carbocycles. The molecule has 5 nitrogen and oxygen atoms in total. The fraction of sp³-hybridized carbons (Fsp3) is 0.368. The molecule has 0 unspecified atom stereocenters. The number of carbonyl (C=O) groups is 1. The molecule has 0 aliphatic heterocycles. The van der Waals surface area contributed by atoms with Crippen LogP contribution < -0.4 is 10.6 Å². The van der Waals surface area contributed by atoms with Crippen LogP contribution in [-0.2, 0) is 13.1 Å². The van der Waals surface area contributed by atoms with Gasteiger partial charge in [0.1, 0.15) is 0 Å². The maximum atomic E-state index is 11.9. The molecule has 2 rings (SSSR count). The summed E-state index contributed by atoms with van der Waals surface area (Å²) < 4.78 is 0. The van der Waals surface area contributed by atoms with Gasteiger partial charge in [0.2, 0.25) is 0 Å². The van der Waals surface area contributed by atoms with E-state index in [4.69, 9.17) is 0 Å². The number of amides is 1. The third-order valence-electron chi connectivity index (χ3n) is 3.76. The van der Waals surface area contributed by atoms with Gasteiger partial charge in [-0.2, -0.15) is 0 Å². The molecular weight excluding hydrogens is 459 g/mol. The lowest BCUT2D eigenvalue weighted by Crippen LogP contribution is -2.36. The minimum absolute atomic E-state index is 0. The molecule has 142 valence electrons. The van der Waals surface area contributed by atoms with Gasteiger partial charge in [-0.25, -0.2) is 4.99 Å². The Morgan fingerprint density at radius 3 is 2.38 bits per heavy atom. The van der Waals surface area contributed by atoms with Crippen molar-refractivity contribution in [1.82, 2.24) is 15.5 Å². The number of rotatable bonds is 6. The molecule has 26 heavy (non-hydrogen) atoms. The van der Waals surface area contributed by atoms with Crippen molar-refractivity contribution in [3.63, 3.8) is 0 Å². The molecule has 0 bridgehead atoms. The largest absolute Gasteiger partial charge is 0.357 e. The van der Waals surface area contributed by atoms with Gasteiger partial charge < -0.3 is 15.5 Å². The van der Waals surface area contributed by atoms with Crippen LogP contribution in [0.2, 0.25) is 0 Å². The zero-order valence-electron chi connectivity index (χ0n) is 15.7. The topological polar surface area (TPSA) is 56.7 Å². The molecule has 0 spiro atoms. The first-order valence-corrected chi connectivity index (χ1v) is 9.25. The summed E-state index contributed by atoms with van der Waals surface area (Å²) >= 11 is 1.75. The predicted molar refractivity (Wildman–Crippen MR) is 121 cm³/mol. The molecule has 7 heteroatoms. The maximum Gasteiger partial charge on any atom is 0.253 e. The van der Waals surface area contributed by atoms with Gasteiger partial charge >= 0.3 is 0 Å². The fourth-order valence-corrected chi connectivity index (χ4v) is 3.12. The molecule has 0 aliphatic rings. The van der Waals surface area contributed by atoms with Gasteiger partial charge in [-0.05, 0) is 48.6 Å². The third kappa shape index (κ3) is 6.60.